The highest BCUT2D eigenvalue weighted by Gasteiger charge is 2.42. The lowest BCUT2D eigenvalue weighted by molar-refractivity contribution is -0.140. The number of aliphatic hydroxyl groups excluding tert-OH is 1. The van der Waals surface area contributed by atoms with Crippen LogP contribution in [0.4, 0.5) is 0 Å². The number of aliphatic hydroxyl groups is 2. The molecule has 0 bridgehead atoms. The lowest BCUT2D eigenvalue weighted by Crippen LogP contribution is -2.59. The molecule has 1 saturated heterocycles. The van der Waals surface area contributed by atoms with Crippen molar-refractivity contribution in [3.8, 4) is 11.5 Å². The van der Waals surface area contributed by atoms with Gasteiger partial charge in [-0.15, -0.1) is 0 Å². The summed E-state index contributed by atoms with van der Waals surface area (Å²) in [6.07, 6.45) is 0.556. The van der Waals surface area contributed by atoms with Gasteiger partial charge in [0.25, 0.3) is 0 Å². The fourth-order valence-corrected chi connectivity index (χ4v) is 4.63. The Hall–Kier alpha value is -2.87. The van der Waals surface area contributed by atoms with Crippen LogP contribution in [0.5, 0.6) is 11.5 Å². The average molecular weight is 480 g/mol. The Morgan fingerprint density at radius 2 is 1.80 bits per heavy atom. The molecule has 2 N–H and O–H groups in total. The smallest absolute Gasteiger partial charge is 0.137 e. The second-order valence-electron chi connectivity index (χ2n) is 9.72. The summed E-state index contributed by atoms with van der Waals surface area (Å²) in [6, 6.07) is 17.9. The van der Waals surface area contributed by atoms with Crippen molar-refractivity contribution < 1.29 is 19.7 Å². The summed E-state index contributed by atoms with van der Waals surface area (Å²) in [7, 11) is 0. The van der Waals surface area contributed by atoms with Crippen molar-refractivity contribution in [3.63, 3.8) is 0 Å². The molecule has 2 heterocycles. The summed E-state index contributed by atoms with van der Waals surface area (Å²) in [5.74, 6) is 1.54. The molecule has 0 radical (unpaired) electrons. The largest absolute Gasteiger partial charge is 0.494 e. The maximum absolute atomic E-state index is 11.2. The molecule has 35 heavy (non-hydrogen) atoms. The molecule has 1 fully saturated rings. The van der Waals surface area contributed by atoms with Gasteiger partial charge in [0, 0.05) is 38.3 Å². The highest BCUT2D eigenvalue weighted by atomic mass is 16.5. The number of aryl methyl sites for hydroxylation is 4. The third kappa shape index (κ3) is 6.84. The normalized spacial score (nSPS) is 20.7. The Bertz CT molecular complexity index is 1120. The van der Waals surface area contributed by atoms with Crippen LogP contribution in [0.2, 0.25) is 0 Å². The summed E-state index contributed by atoms with van der Waals surface area (Å²) < 4.78 is 13.9. The van der Waals surface area contributed by atoms with Gasteiger partial charge in [-0.1, -0.05) is 24.3 Å². The number of ether oxygens (including phenoxy) is 2. The quantitative estimate of drug-likeness (QED) is 0.432. The van der Waals surface area contributed by atoms with Crippen LogP contribution in [0.15, 0.2) is 54.6 Å². The number of β-amino-alcohol motifs (C(OH)–C–C–N with tert-alkyl or cyclic N) is 1. The number of aromatic nitrogens is 2. The van der Waals surface area contributed by atoms with Crippen LogP contribution in [0.3, 0.4) is 0 Å². The van der Waals surface area contributed by atoms with Gasteiger partial charge in [0.1, 0.15) is 23.7 Å². The predicted molar refractivity (Wildman–Crippen MR) is 136 cm³/mol. The SMILES string of the molecule is Cc1cccc(OC[C@@]2(O)CN(Cc3cccc(OCCCn4nc(C)cc4C)c3)CC[C@@H]2O)c1. The van der Waals surface area contributed by atoms with Crippen molar-refractivity contribution in [1.82, 2.24) is 14.7 Å². The Labute approximate surface area is 207 Å². The maximum Gasteiger partial charge on any atom is 0.137 e. The first kappa shape index (κ1) is 25.2. The second-order valence-corrected chi connectivity index (χ2v) is 9.72. The molecule has 0 saturated carbocycles. The molecular weight excluding hydrogens is 442 g/mol. The third-order valence-electron chi connectivity index (χ3n) is 6.51. The summed E-state index contributed by atoms with van der Waals surface area (Å²) in [5.41, 5.74) is 3.09. The van der Waals surface area contributed by atoms with E-state index in [2.05, 4.69) is 35.1 Å². The minimum absolute atomic E-state index is 0.0481. The van der Waals surface area contributed by atoms with Crippen molar-refractivity contribution in [2.75, 3.05) is 26.3 Å². The van der Waals surface area contributed by atoms with Crippen LogP contribution in [0, 0.1) is 20.8 Å². The fraction of sp³-hybridized carbons (Fsp3) is 0.464. The van der Waals surface area contributed by atoms with E-state index in [0.29, 0.717) is 38.4 Å². The van der Waals surface area contributed by atoms with Gasteiger partial charge in [0.2, 0.25) is 0 Å². The van der Waals surface area contributed by atoms with E-state index in [-0.39, 0.29) is 6.61 Å². The Morgan fingerprint density at radius 1 is 1.03 bits per heavy atom. The average Bonchev–Trinajstić information content (AvgIpc) is 3.15. The van der Waals surface area contributed by atoms with E-state index in [1.54, 1.807) is 0 Å². The fourth-order valence-electron chi connectivity index (χ4n) is 4.63. The molecule has 1 aliphatic rings. The predicted octanol–water partition coefficient (Wildman–Crippen LogP) is 3.65. The molecule has 4 rings (SSSR count). The minimum atomic E-state index is -1.32. The highest BCUT2D eigenvalue weighted by Crippen LogP contribution is 2.26. The first-order valence-electron chi connectivity index (χ1n) is 12.4. The summed E-state index contributed by atoms with van der Waals surface area (Å²) in [5, 5.41) is 26.2. The molecule has 0 aliphatic carbocycles. The molecule has 1 aromatic heterocycles. The molecule has 0 amide bonds. The monoisotopic (exact) mass is 479 g/mol. The van der Waals surface area contributed by atoms with Gasteiger partial charge < -0.3 is 19.7 Å². The number of hydrogen-bond donors (Lipinski definition) is 2. The number of likely N-dealkylation sites (tertiary alicyclic amines) is 1. The van der Waals surface area contributed by atoms with Crippen molar-refractivity contribution in [3.05, 3.63) is 77.1 Å². The topological polar surface area (TPSA) is 80.0 Å². The van der Waals surface area contributed by atoms with Crippen LogP contribution in [-0.2, 0) is 13.1 Å². The van der Waals surface area contributed by atoms with Gasteiger partial charge in [-0.2, -0.15) is 5.10 Å². The summed E-state index contributed by atoms with van der Waals surface area (Å²) in [6.45, 7) is 9.29. The van der Waals surface area contributed by atoms with Gasteiger partial charge in [-0.3, -0.25) is 9.58 Å². The summed E-state index contributed by atoms with van der Waals surface area (Å²) in [4.78, 5) is 2.16. The van der Waals surface area contributed by atoms with Crippen LogP contribution in [0.25, 0.3) is 0 Å². The number of piperidine rings is 1. The van der Waals surface area contributed by atoms with Gasteiger partial charge in [-0.25, -0.2) is 0 Å². The van der Waals surface area contributed by atoms with E-state index >= 15 is 0 Å². The molecule has 2 atom stereocenters. The number of benzene rings is 2. The van der Waals surface area contributed by atoms with E-state index in [1.807, 2.05) is 54.9 Å². The number of rotatable bonds is 10. The van der Waals surface area contributed by atoms with E-state index in [1.165, 1.54) is 5.69 Å². The van der Waals surface area contributed by atoms with E-state index in [4.69, 9.17) is 9.47 Å². The van der Waals surface area contributed by atoms with E-state index < -0.39 is 11.7 Å². The Balaban J connectivity index is 1.28. The van der Waals surface area contributed by atoms with Crippen LogP contribution in [0.1, 0.15) is 35.4 Å². The van der Waals surface area contributed by atoms with Crippen molar-refractivity contribution in [2.24, 2.45) is 0 Å². The first-order valence-corrected chi connectivity index (χ1v) is 12.4. The van der Waals surface area contributed by atoms with E-state index in [0.717, 1.165) is 35.5 Å². The Kier molecular flexibility index (Phi) is 8.11. The number of hydrogen-bond acceptors (Lipinski definition) is 6. The standard InChI is InChI=1S/C28H37N3O4/c1-21-7-4-9-25(15-21)35-20-28(33)19-30(13-11-27(28)32)18-24-8-5-10-26(17-24)34-14-6-12-31-23(3)16-22(2)29-31/h4-5,7-10,15-17,27,32-33H,6,11-14,18-20H2,1-3H3/t27-,28-/m0/s1. The second kappa shape index (κ2) is 11.2. The zero-order valence-corrected chi connectivity index (χ0v) is 21.0. The van der Waals surface area contributed by atoms with Gasteiger partial charge in [0.05, 0.1) is 18.4 Å². The first-order chi connectivity index (χ1) is 16.8. The van der Waals surface area contributed by atoms with Crippen LogP contribution in [-0.4, -0.2) is 62.9 Å². The molecule has 3 aromatic rings. The molecule has 1 aliphatic heterocycles. The summed E-state index contributed by atoms with van der Waals surface area (Å²) >= 11 is 0. The Morgan fingerprint density at radius 3 is 2.54 bits per heavy atom. The lowest BCUT2D eigenvalue weighted by atomic mass is 9.90. The van der Waals surface area contributed by atoms with Crippen LogP contribution >= 0.6 is 0 Å². The molecule has 2 aromatic carbocycles. The van der Waals surface area contributed by atoms with Crippen molar-refractivity contribution in [1.29, 1.82) is 0 Å². The highest BCUT2D eigenvalue weighted by molar-refractivity contribution is 5.29. The zero-order valence-electron chi connectivity index (χ0n) is 21.0. The van der Waals surface area contributed by atoms with Gasteiger partial charge in [-0.05, 0) is 68.7 Å². The molecule has 7 heteroatoms. The van der Waals surface area contributed by atoms with Crippen molar-refractivity contribution in [2.45, 2.75) is 58.4 Å². The lowest BCUT2D eigenvalue weighted by Gasteiger charge is -2.42. The third-order valence-corrected chi connectivity index (χ3v) is 6.51. The van der Waals surface area contributed by atoms with Crippen molar-refractivity contribution >= 4 is 0 Å². The molecule has 7 nitrogen and oxygen atoms in total. The minimum Gasteiger partial charge on any atom is -0.494 e. The zero-order chi connectivity index (χ0) is 24.8. The maximum atomic E-state index is 11.2. The molecule has 0 unspecified atom stereocenters. The van der Waals surface area contributed by atoms with Crippen LogP contribution < -0.4 is 9.47 Å². The van der Waals surface area contributed by atoms with Gasteiger partial charge in [0.15, 0.2) is 0 Å². The molecule has 188 valence electrons. The molecular formula is C28H37N3O4. The number of nitrogens with zero attached hydrogens (tertiary/aromatic N) is 3. The molecule has 0 spiro atoms. The van der Waals surface area contributed by atoms with Gasteiger partial charge >= 0.3 is 0 Å². The van der Waals surface area contributed by atoms with E-state index in [9.17, 15) is 10.2 Å².